The van der Waals surface area contributed by atoms with Crippen molar-refractivity contribution in [3.05, 3.63) is 18.2 Å². The Labute approximate surface area is 149 Å². The Kier molecular flexibility index (Phi) is 5.13. The van der Waals surface area contributed by atoms with Crippen molar-refractivity contribution in [2.24, 2.45) is 5.92 Å². The van der Waals surface area contributed by atoms with Crippen molar-refractivity contribution in [1.29, 1.82) is 0 Å². The number of amides is 3. The average Bonchev–Trinajstić information content (AvgIpc) is 3.13. The number of hydrogen-bond donors (Lipinski definition) is 2. The summed E-state index contributed by atoms with van der Waals surface area (Å²) >= 11 is 0. The van der Waals surface area contributed by atoms with Gasteiger partial charge in [-0.25, -0.2) is 9.78 Å². The first-order chi connectivity index (χ1) is 12.0. The summed E-state index contributed by atoms with van der Waals surface area (Å²) in [5.74, 6) is 1.14. The topological polar surface area (TPSA) is 79.3 Å². The molecule has 0 bridgehead atoms. The number of nitrogens with zero attached hydrogens (tertiary/aromatic N) is 3. The summed E-state index contributed by atoms with van der Waals surface area (Å²) in [7, 11) is 0. The molecular weight excluding hydrogens is 318 g/mol. The minimum absolute atomic E-state index is 0.145. The molecule has 2 aliphatic rings. The summed E-state index contributed by atoms with van der Waals surface area (Å²) in [5.41, 5.74) is -0.714. The van der Waals surface area contributed by atoms with Crippen LogP contribution in [-0.2, 0) is 11.3 Å². The summed E-state index contributed by atoms with van der Waals surface area (Å²) in [6.07, 6.45) is 7.29. The molecule has 0 radical (unpaired) electrons. The van der Waals surface area contributed by atoms with Crippen molar-refractivity contribution >= 4 is 11.9 Å². The van der Waals surface area contributed by atoms with E-state index in [-0.39, 0.29) is 17.9 Å². The third kappa shape index (κ3) is 3.42. The molecule has 3 amide bonds. The van der Waals surface area contributed by atoms with Crippen molar-refractivity contribution in [2.45, 2.75) is 64.6 Å². The molecule has 1 unspecified atom stereocenters. The standard InChI is InChI=1S/C18H29N5O2/c1-4-7-18(16(24)20-17(25)21-18)14-5-9-22(10-6-14)12-15-19-8-11-23(15)13(2)3/h8,11,13-14H,4-7,9-10,12H2,1-3H3,(H2,20,21,24,25). The van der Waals surface area contributed by atoms with Gasteiger partial charge >= 0.3 is 6.03 Å². The van der Waals surface area contributed by atoms with Gasteiger partial charge in [0.25, 0.3) is 5.91 Å². The van der Waals surface area contributed by atoms with Crippen LogP contribution in [0.25, 0.3) is 0 Å². The number of carbonyl (C=O) groups is 2. The molecule has 0 saturated carbocycles. The first-order valence-electron chi connectivity index (χ1n) is 9.34. The predicted molar refractivity (Wildman–Crippen MR) is 94.9 cm³/mol. The molecule has 2 saturated heterocycles. The minimum Gasteiger partial charge on any atom is -0.331 e. The molecule has 7 heteroatoms. The Morgan fingerprint density at radius 3 is 2.60 bits per heavy atom. The van der Waals surface area contributed by atoms with Crippen LogP contribution < -0.4 is 10.6 Å². The van der Waals surface area contributed by atoms with Gasteiger partial charge < -0.3 is 9.88 Å². The predicted octanol–water partition coefficient (Wildman–Crippen LogP) is 2.05. The van der Waals surface area contributed by atoms with E-state index in [2.05, 4.69) is 45.9 Å². The van der Waals surface area contributed by atoms with Crippen molar-refractivity contribution in [1.82, 2.24) is 25.1 Å². The van der Waals surface area contributed by atoms with Gasteiger partial charge in [0.2, 0.25) is 0 Å². The summed E-state index contributed by atoms with van der Waals surface area (Å²) in [4.78, 5) is 31.0. The number of hydrogen-bond acceptors (Lipinski definition) is 4. The second-order valence-corrected chi connectivity index (χ2v) is 7.52. The van der Waals surface area contributed by atoms with Gasteiger partial charge in [-0.3, -0.25) is 15.0 Å². The van der Waals surface area contributed by atoms with Crippen LogP contribution in [0.1, 0.15) is 58.3 Å². The molecule has 0 aliphatic carbocycles. The largest absolute Gasteiger partial charge is 0.331 e. The van der Waals surface area contributed by atoms with Gasteiger partial charge in [0.15, 0.2) is 0 Å². The van der Waals surface area contributed by atoms with E-state index >= 15 is 0 Å². The highest BCUT2D eigenvalue weighted by atomic mass is 16.2. The van der Waals surface area contributed by atoms with E-state index in [0.717, 1.165) is 44.7 Å². The summed E-state index contributed by atoms with van der Waals surface area (Å²) in [5, 5.41) is 5.38. The minimum atomic E-state index is -0.714. The van der Waals surface area contributed by atoms with Gasteiger partial charge in [-0.15, -0.1) is 0 Å². The van der Waals surface area contributed by atoms with Crippen LogP contribution in [0.15, 0.2) is 12.4 Å². The Balaban J connectivity index is 1.64. The normalized spacial score (nSPS) is 25.4. The Hall–Kier alpha value is -1.89. The molecule has 138 valence electrons. The highest BCUT2D eigenvalue weighted by molar-refractivity contribution is 6.07. The summed E-state index contributed by atoms with van der Waals surface area (Å²) in [6.45, 7) is 9.05. The molecule has 1 aromatic heterocycles. The molecule has 2 fully saturated rings. The molecule has 1 aromatic rings. The van der Waals surface area contributed by atoms with Crippen LogP contribution in [0.3, 0.4) is 0 Å². The van der Waals surface area contributed by atoms with Crippen molar-refractivity contribution in [2.75, 3.05) is 13.1 Å². The van der Waals surface area contributed by atoms with Gasteiger partial charge in [0, 0.05) is 18.4 Å². The molecule has 7 nitrogen and oxygen atoms in total. The molecule has 0 spiro atoms. The van der Waals surface area contributed by atoms with E-state index in [4.69, 9.17) is 0 Å². The maximum Gasteiger partial charge on any atom is 0.322 e. The Morgan fingerprint density at radius 2 is 2.04 bits per heavy atom. The molecule has 25 heavy (non-hydrogen) atoms. The third-order valence-corrected chi connectivity index (χ3v) is 5.57. The van der Waals surface area contributed by atoms with Crippen molar-refractivity contribution in [3.8, 4) is 0 Å². The fraction of sp³-hybridized carbons (Fsp3) is 0.722. The van der Waals surface area contributed by atoms with Gasteiger partial charge in [-0.2, -0.15) is 0 Å². The fourth-order valence-electron chi connectivity index (χ4n) is 4.29. The molecular formula is C18H29N5O2. The number of imidazole rings is 1. The number of likely N-dealkylation sites (tertiary alicyclic amines) is 1. The molecule has 1 atom stereocenters. The van der Waals surface area contributed by atoms with E-state index in [1.807, 2.05) is 12.4 Å². The van der Waals surface area contributed by atoms with E-state index in [1.165, 1.54) is 0 Å². The molecule has 2 aliphatic heterocycles. The molecule has 2 N–H and O–H groups in total. The number of carbonyl (C=O) groups excluding carboxylic acids is 2. The summed E-state index contributed by atoms with van der Waals surface area (Å²) in [6, 6.07) is 0.0556. The number of rotatable bonds is 6. The second-order valence-electron chi connectivity index (χ2n) is 7.52. The van der Waals surface area contributed by atoms with Crippen molar-refractivity contribution in [3.63, 3.8) is 0 Å². The van der Waals surface area contributed by atoms with E-state index in [0.29, 0.717) is 12.5 Å². The Morgan fingerprint density at radius 1 is 1.32 bits per heavy atom. The number of aromatic nitrogens is 2. The fourth-order valence-corrected chi connectivity index (χ4v) is 4.29. The number of nitrogens with one attached hydrogen (secondary N) is 2. The van der Waals surface area contributed by atoms with Crippen LogP contribution in [-0.4, -0.2) is 45.0 Å². The molecule has 3 heterocycles. The molecule has 3 rings (SSSR count). The maximum atomic E-state index is 12.4. The van der Waals surface area contributed by atoms with Crippen LogP contribution in [0.2, 0.25) is 0 Å². The van der Waals surface area contributed by atoms with Gasteiger partial charge in [0.1, 0.15) is 11.4 Å². The number of imide groups is 1. The highest BCUT2D eigenvalue weighted by Gasteiger charge is 2.51. The van der Waals surface area contributed by atoms with E-state index in [9.17, 15) is 9.59 Å². The van der Waals surface area contributed by atoms with Crippen molar-refractivity contribution < 1.29 is 9.59 Å². The maximum absolute atomic E-state index is 12.4. The Bertz CT molecular complexity index is 633. The first kappa shape index (κ1) is 17.9. The van der Waals surface area contributed by atoms with Gasteiger partial charge in [-0.05, 0) is 52.1 Å². The monoisotopic (exact) mass is 347 g/mol. The molecule has 0 aromatic carbocycles. The van der Waals surface area contributed by atoms with Crippen LogP contribution in [0, 0.1) is 5.92 Å². The van der Waals surface area contributed by atoms with Gasteiger partial charge in [0.05, 0.1) is 6.54 Å². The van der Waals surface area contributed by atoms with Gasteiger partial charge in [-0.1, -0.05) is 13.3 Å². The highest BCUT2D eigenvalue weighted by Crippen LogP contribution is 2.34. The third-order valence-electron chi connectivity index (χ3n) is 5.57. The number of urea groups is 1. The second kappa shape index (κ2) is 7.15. The zero-order valence-electron chi connectivity index (χ0n) is 15.4. The zero-order chi connectivity index (χ0) is 18.0. The lowest BCUT2D eigenvalue weighted by molar-refractivity contribution is -0.127. The lowest BCUT2D eigenvalue weighted by Gasteiger charge is -2.40. The summed E-state index contributed by atoms with van der Waals surface area (Å²) < 4.78 is 2.20. The zero-order valence-corrected chi connectivity index (χ0v) is 15.4. The van der Waals surface area contributed by atoms with E-state index in [1.54, 1.807) is 0 Å². The lowest BCUT2D eigenvalue weighted by Crippen LogP contribution is -2.55. The lowest BCUT2D eigenvalue weighted by atomic mass is 9.75. The van der Waals surface area contributed by atoms with E-state index < -0.39 is 5.54 Å². The SMILES string of the molecule is CCCC1(C2CCN(Cc3nccn3C(C)C)CC2)NC(=O)NC1=O. The number of piperidine rings is 1. The van der Waals surface area contributed by atoms with Crippen LogP contribution in [0.5, 0.6) is 0 Å². The first-order valence-corrected chi connectivity index (χ1v) is 9.34. The van der Waals surface area contributed by atoms with Crippen LogP contribution in [0.4, 0.5) is 4.79 Å². The quantitative estimate of drug-likeness (QED) is 0.772. The smallest absolute Gasteiger partial charge is 0.322 e. The average molecular weight is 347 g/mol. The van der Waals surface area contributed by atoms with Crippen LogP contribution >= 0.6 is 0 Å².